The Morgan fingerprint density at radius 1 is 1.33 bits per heavy atom. The Labute approximate surface area is 123 Å². The van der Waals surface area contributed by atoms with Crippen LogP contribution in [0.1, 0.15) is 26.7 Å². The number of sulfone groups is 1. The highest BCUT2D eigenvalue weighted by Gasteiger charge is 2.51. The normalized spacial score (nSPS) is 26.7. The summed E-state index contributed by atoms with van der Waals surface area (Å²) in [7, 11) is -3.59. The Kier molecular flexibility index (Phi) is 3.51. The second-order valence-electron chi connectivity index (χ2n) is 6.10. The molecule has 1 spiro atoms. The van der Waals surface area contributed by atoms with Crippen molar-refractivity contribution in [2.75, 3.05) is 19.3 Å². The van der Waals surface area contributed by atoms with Gasteiger partial charge in [0.05, 0.1) is 6.54 Å². The summed E-state index contributed by atoms with van der Waals surface area (Å²) >= 11 is 0. The van der Waals surface area contributed by atoms with Gasteiger partial charge in [0.25, 0.3) is 5.91 Å². The average Bonchev–Trinajstić information content (AvgIpc) is 2.61. The highest BCUT2D eigenvalue weighted by atomic mass is 32.2. The molecule has 2 aliphatic rings. The lowest BCUT2D eigenvalue weighted by atomic mass is 9.88. The molecule has 0 aromatic carbocycles. The molecule has 2 fully saturated rings. The number of carbonyl (C=O) groups excluding carboxylic acids is 3. The maximum atomic E-state index is 12.5. The van der Waals surface area contributed by atoms with Crippen molar-refractivity contribution in [2.24, 2.45) is 0 Å². The molecule has 1 atom stereocenters. The molecule has 9 heteroatoms. The van der Waals surface area contributed by atoms with Gasteiger partial charge >= 0.3 is 6.03 Å². The summed E-state index contributed by atoms with van der Waals surface area (Å²) in [5.74, 6) is -1.03. The van der Waals surface area contributed by atoms with Crippen LogP contribution in [0.2, 0.25) is 0 Å². The van der Waals surface area contributed by atoms with E-state index in [-0.39, 0.29) is 6.54 Å². The summed E-state index contributed by atoms with van der Waals surface area (Å²) in [6.45, 7) is 3.05. The Hall–Kier alpha value is -1.64. The zero-order valence-corrected chi connectivity index (χ0v) is 13.0. The first-order valence-electron chi connectivity index (χ1n) is 6.62. The van der Waals surface area contributed by atoms with E-state index in [1.807, 2.05) is 0 Å². The molecule has 0 bridgehead atoms. The fraction of sp³-hybridized carbons (Fsp3) is 0.750. The molecule has 2 aliphatic heterocycles. The number of carbonyl (C=O) groups is 3. The van der Waals surface area contributed by atoms with Crippen molar-refractivity contribution in [3.63, 3.8) is 0 Å². The van der Waals surface area contributed by atoms with Crippen molar-refractivity contribution in [3.05, 3.63) is 0 Å². The molecule has 2 heterocycles. The van der Waals surface area contributed by atoms with E-state index in [1.54, 1.807) is 0 Å². The minimum Gasteiger partial charge on any atom is -0.338 e. The molecule has 1 unspecified atom stereocenters. The lowest BCUT2D eigenvalue weighted by Gasteiger charge is -2.40. The zero-order chi connectivity index (χ0) is 16.1. The van der Waals surface area contributed by atoms with Crippen LogP contribution in [-0.2, 0) is 19.4 Å². The van der Waals surface area contributed by atoms with Crippen LogP contribution >= 0.6 is 0 Å². The molecular formula is C12H19N3O5S. The SMILES string of the molecule is CC(C)(C(=O)N1CCCC2(C1)NC(=O)NC2=O)S(C)(=O)=O. The van der Waals surface area contributed by atoms with Gasteiger partial charge in [0.1, 0.15) is 10.3 Å². The second-order valence-corrected chi connectivity index (χ2v) is 8.67. The maximum Gasteiger partial charge on any atom is 0.322 e. The Balaban J connectivity index is 2.25. The summed E-state index contributed by atoms with van der Waals surface area (Å²) in [5, 5.41) is 4.71. The predicted octanol–water partition coefficient (Wildman–Crippen LogP) is -0.990. The van der Waals surface area contributed by atoms with Gasteiger partial charge in [-0.05, 0) is 26.7 Å². The number of hydrogen-bond donors (Lipinski definition) is 2. The summed E-state index contributed by atoms with van der Waals surface area (Å²) < 4.78 is 22.0. The van der Waals surface area contributed by atoms with Crippen LogP contribution in [-0.4, -0.2) is 60.8 Å². The minimum atomic E-state index is -3.59. The van der Waals surface area contributed by atoms with Crippen LogP contribution in [0.5, 0.6) is 0 Å². The summed E-state index contributed by atoms with van der Waals surface area (Å²) in [5.41, 5.74) is -1.14. The van der Waals surface area contributed by atoms with Gasteiger partial charge in [0.15, 0.2) is 9.84 Å². The first-order valence-corrected chi connectivity index (χ1v) is 8.51. The van der Waals surface area contributed by atoms with E-state index in [9.17, 15) is 22.8 Å². The third kappa shape index (κ3) is 2.50. The number of imide groups is 1. The topological polar surface area (TPSA) is 113 Å². The maximum absolute atomic E-state index is 12.5. The molecule has 0 saturated carbocycles. The lowest BCUT2D eigenvalue weighted by molar-refractivity contribution is -0.137. The van der Waals surface area contributed by atoms with Crippen molar-refractivity contribution < 1.29 is 22.8 Å². The van der Waals surface area contributed by atoms with E-state index in [1.165, 1.54) is 18.7 Å². The molecule has 0 aromatic rings. The van der Waals surface area contributed by atoms with E-state index >= 15 is 0 Å². The van der Waals surface area contributed by atoms with Crippen LogP contribution in [0.15, 0.2) is 0 Å². The van der Waals surface area contributed by atoms with E-state index in [2.05, 4.69) is 10.6 Å². The smallest absolute Gasteiger partial charge is 0.322 e. The van der Waals surface area contributed by atoms with Crippen LogP contribution in [0.4, 0.5) is 4.79 Å². The number of hydrogen-bond acceptors (Lipinski definition) is 5. The number of piperidine rings is 1. The number of nitrogens with one attached hydrogen (secondary N) is 2. The van der Waals surface area contributed by atoms with Gasteiger partial charge in [-0.3, -0.25) is 14.9 Å². The van der Waals surface area contributed by atoms with E-state index in [4.69, 9.17) is 0 Å². The van der Waals surface area contributed by atoms with Gasteiger partial charge < -0.3 is 10.2 Å². The van der Waals surface area contributed by atoms with Gasteiger partial charge in [0.2, 0.25) is 5.91 Å². The molecule has 2 rings (SSSR count). The quantitative estimate of drug-likeness (QED) is 0.635. The predicted molar refractivity (Wildman–Crippen MR) is 74.1 cm³/mol. The Morgan fingerprint density at radius 3 is 2.43 bits per heavy atom. The average molecular weight is 317 g/mol. The van der Waals surface area contributed by atoms with Crippen LogP contribution in [0.3, 0.4) is 0 Å². The fourth-order valence-corrected chi connectivity index (χ4v) is 3.03. The Morgan fingerprint density at radius 2 is 1.95 bits per heavy atom. The number of amides is 4. The first kappa shape index (κ1) is 15.7. The third-order valence-corrected chi connectivity index (χ3v) is 6.26. The van der Waals surface area contributed by atoms with Gasteiger partial charge in [-0.2, -0.15) is 0 Å². The van der Waals surface area contributed by atoms with Crippen molar-refractivity contribution in [1.82, 2.24) is 15.5 Å². The number of rotatable bonds is 2. The highest BCUT2D eigenvalue weighted by molar-refractivity contribution is 7.92. The summed E-state index contributed by atoms with van der Waals surface area (Å²) in [4.78, 5) is 37.1. The van der Waals surface area contributed by atoms with Crippen LogP contribution < -0.4 is 10.6 Å². The standard InChI is InChI=1S/C12H19N3O5S/c1-11(2,21(3,19)20)9(17)15-6-4-5-12(7-15)8(16)13-10(18)14-12/h4-7H2,1-3H3,(H2,13,14,16,18). The van der Waals surface area contributed by atoms with E-state index < -0.39 is 38.0 Å². The van der Waals surface area contributed by atoms with Gasteiger partial charge in [-0.15, -0.1) is 0 Å². The summed E-state index contributed by atoms with van der Waals surface area (Å²) in [6.07, 6.45) is 1.95. The van der Waals surface area contributed by atoms with Crippen molar-refractivity contribution in [3.8, 4) is 0 Å². The van der Waals surface area contributed by atoms with Gasteiger partial charge in [0, 0.05) is 12.8 Å². The molecule has 0 aromatic heterocycles. The van der Waals surface area contributed by atoms with Crippen LogP contribution in [0.25, 0.3) is 0 Å². The fourth-order valence-electron chi connectivity index (χ4n) is 2.58. The van der Waals surface area contributed by atoms with E-state index in [0.29, 0.717) is 19.4 Å². The monoisotopic (exact) mass is 317 g/mol. The largest absolute Gasteiger partial charge is 0.338 e. The molecule has 2 N–H and O–H groups in total. The van der Waals surface area contributed by atoms with Crippen LogP contribution in [0, 0.1) is 0 Å². The molecule has 118 valence electrons. The van der Waals surface area contributed by atoms with Crippen molar-refractivity contribution in [2.45, 2.75) is 37.0 Å². The molecule has 21 heavy (non-hydrogen) atoms. The zero-order valence-electron chi connectivity index (χ0n) is 12.2. The second kappa shape index (κ2) is 4.69. The molecule has 4 amide bonds. The number of nitrogens with zero attached hydrogens (tertiary/aromatic N) is 1. The van der Waals surface area contributed by atoms with Crippen molar-refractivity contribution in [1.29, 1.82) is 0 Å². The number of likely N-dealkylation sites (tertiary alicyclic amines) is 1. The summed E-state index contributed by atoms with van der Waals surface area (Å²) in [6, 6.07) is -0.586. The molecule has 0 aliphatic carbocycles. The van der Waals surface area contributed by atoms with Gasteiger partial charge in [-0.25, -0.2) is 13.2 Å². The third-order valence-electron chi connectivity index (χ3n) is 4.24. The highest BCUT2D eigenvalue weighted by Crippen LogP contribution is 2.28. The lowest BCUT2D eigenvalue weighted by Crippen LogP contribution is -2.62. The molecular weight excluding hydrogens is 298 g/mol. The minimum absolute atomic E-state index is 0.0116. The van der Waals surface area contributed by atoms with E-state index in [0.717, 1.165) is 6.26 Å². The van der Waals surface area contributed by atoms with Crippen molar-refractivity contribution >= 4 is 27.7 Å². The molecule has 2 saturated heterocycles. The first-order chi connectivity index (χ1) is 9.49. The molecule has 8 nitrogen and oxygen atoms in total. The number of urea groups is 1. The Bertz CT molecular complexity index is 612. The van der Waals surface area contributed by atoms with Gasteiger partial charge in [-0.1, -0.05) is 0 Å². The molecule has 0 radical (unpaired) electrons.